The molecule has 1 heterocycles. The highest BCUT2D eigenvalue weighted by atomic mass is 16.5. The summed E-state index contributed by atoms with van der Waals surface area (Å²) in [6.45, 7) is 0.281. The smallest absolute Gasteiger partial charge is 0.237 e. The minimum atomic E-state index is -0.251. The van der Waals surface area contributed by atoms with Crippen molar-refractivity contribution in [3.63, 3.8) is 0 Å². The van der Waals surface area contributed by atoms with Crippen LogP contribution in [0, 0.1) is 0 Å². The highest BCUT2D eigenvalue weighted by Gasteiger charge is 2.01. The van der Waals surface area contributed by atoms with E-state index < -0.39 is 0 Å². The lowest BCUT2D eigenvalue weighted by molar-refractivity contribution is -0.121. The number of benzene rings is 1. The molecule has 0 saturated heterocycles. The molecule has 0 aliphatic carbocycles. The van der Waals surface area contributed by atoms with Crippen LogP contribution in [0.3, 0.4) is 0 Å². The summed E-state index contributed by atoms with van der Waals surface area (Å²) in [5.74, 6) is 5.35. The van der Waals surface area contributed by atoms with Crippen LogP contribution in [0.25, 0.3) is 10.9 Å². The van der Waals surface area contributed by atoms with E-state index in [1.165, 1.54) is 0 Å². The first kappa shape index (κ1) is 11.3. The third-order valence-corrected chi connectivity index (χ3v) is 2.32. The van der Waals surface area contributed by atoms with E-state index in [1.807, 2.05) is 35.8 Å². The number of fused-ring (bicyclic) bond motifs is 1. The van der Waals surface area contributed by atoms with Crippen molar-refractivity contribution < 1.29 is 9.53 Å². The first-order chi connectivity index (χ1) is 8.29. The van der Waals surface area contributed by atoms with Crippen molar-refractivity contribution in [2.75, 3.05) is 6.61 Å². The molecular weight excluding hydrogens is 218 g/mol. The van der Waals surface area contributed by atoms with Gasteiger partial charge in [0.1, 0.15) is 5.75 Å². The molecule has 0 saturated carbocycles. The average molecular weight is 231 g/mol. The van der Waals surface area contributed by atoms with Gasteiger partial charge in [-0.1, -0.05) is 18.2 Å². The number of amides is 1. The second-order valence-electron chi connectivity index (χ2n) is 3.53. The van der Waals surface area contributed by atoms with Gasteiger partial charge in [-0.3, -0.25) is 15.2 Å². The van der Waals surface area contributed by atoms with Crippen LogP contribution >= 0.6 is 0 Å². The summed E-state index contributed by atoms with van der Waals surface area (Å²) < 4.78 is 5.41. The van der Waals surface area contributed by atoms with E-state index in [0.29, 0.717) is 5.75 Å². The van der Waals surface area contributed by atoms with Crippen molar-refractivity contribution in [1.29, 1.82) is 0 Å². The zero-order valence-corrected chi connectivity index (χ0v) is 9.22. The first-order valence-electron chi connectivity index (χ1n) is 5.26. The molecule has 0 atom stereocenters. The lowest BCUT2D eigenvalue weighted by atomic mass is 10.2. The van der Waals surface area contributed by atoms with Crippen LogP contribution in [0.1, 0.15) is 6.42 Å². The quantitative estimate of drug-likeness (QED) is 0.467. The first-order valence-corrected chi connectivity index (χ1v) is 5.26. The molecular formula is C12H13N3O2. The molecule has 88 valence electrons. The highest BCUT2D eigenvalue weighted by Crippen LogP contribution is 2.17. The van der Waals surface area contributed by atoms with Gasteiger partial charge in [0.15, 0.2) is 0 Å². The van der Waals surface area contributed by atoms with Crippen LogP contribution in [0.5, 0.6) is 5.75 Å². The second kappa shape index (κ2) is 5.27. The largest absolute Gasteiger partial charge is 0.491 e. The van der Waals surface area contributed by atoms with Crippen LogP contribution in [0.4, 0.5) is 0 Å². The third-order valence-electron chi connectivity index (χ3n) is 2.32. The van der Waals surface area contributed by atoms with Crippen LogP contribution in [-0.2, 0) is 4.79 Å². The number of carbonyl (C=O) groups excluding carboxylic acids is 1. The number of aromatic nitrogens is 1. The van der Waals surface area contributed by atoms with Gasteiger partial charge >= 0.3 is 0 Å². The Bertz CT molecular complexity index is 528. The van der Waals surface area contributed by atoms with E-state index in [9.17, 15) is 4.79 Å². The molecule has 0 radical (unpaired) electrons. The summed E-state index contributed by atoms with van der Waals surface area (Å²) in [5.41, 5.74) is 2.96. The fourth-order valence-corrected chi connectivity index (χ4v) is 1.46. The summed E-state index contributed by atoms with van der Waals surface area (Å²) in [6.07, 6.45) is 1.87. The Kier molecular flexibility index (Phi) is 3.52. The van der Waals surface area contributed by atoms with E-state index in [1.54, 1.807) is 6.20 Å². The van der Waals surface area contributed by atoms with Crippen LogP contribution in [-0.4, -0.2) is 17.5 Å². The fraction of sp³-hybridized carbons (Fsp3) is 0.167. The zero-order valence-electron chi connectivity index (χ0n) is 9.22. The number of carbonyl (C=O) groups is 1. The number of hydrazine groups is 1. The Balaban J connectivity index is 2.02. The summed E-state index contributed by atoms with van der Waals surface area (Å²) in [6, 6.07) is 9.66. The lowest BCUT2D eigenvalue weighted by Gasteiger charge is -2.06. The molecule has 0 fully saturated rings. The van der Waals surface area contributed by atoms with Crippen LogP contribution in [0.2, 0.25) is 0 Å². The third kappa shape index (κ3) is 2.92. The van der Waals surface area contributed by atoms with Crippen molar-refractivity contribution in [3.05, 3.63) is 36.5 Å². The van der Waals surface area contributed by atoms with E-state index in [0.717, 1.165) is 10.9 Å². The zero-order chi connectivity index (χ0) is 12.1. The fourth-order valence-electron chi connectivity index (χ4n) is 1.46. The minimum Gasteiger partial charge on any atom is -0.491 e. The lowest BCUT2D eigenvalue weighted by Crippen LogP contribution is -2.31. The van der Waals surface area contributed by atoms with Gasteiger partial charge in [0, 0.05) is 5.39 Å². The number of para-hydroxylation sites is 1. The standard InChI is InChI=1S/C12H13N3O2/c13-15-12(16)5-6-17-10-7-9-3-1-2-4-11(9)14-8-10/h1-4,7-8H,5-6,13H2,(H,15,16). The molecule has 0 aliphatic rings. The summed E-state index contributed by atoms with van der Waals surface area (Å²) in [4.78, 5) is 15.1. The summed E-state index contributed by atoms with van der Waals surface area (Å²) in [7, 11) is 0. The SMILES string of the molecule is NNC(=O)CCOc1cnc2ccccc2c1. The molecule has 0 unspecified atom stereocenters. The highest BCUT2D eigenvalue weighted by molar-refractivity contribution is 5.79. The summed E-state index contributed by atoms with van der Waals surface area (Å²) in [5, 5.41) is 1.01. The van der Waals surface area contributed by atoms with Crippen molar-refractivity contribution in [3.8, 4) is 5.75 Å². The van der Waals surface area contributed by atoms with Crippen LogP contribution in [0.15, 0.2) is 36.5 Å². The van der Waals surface area contributed by atoms with Gasteiger partial charge in [0.2, 0.25) is 5.91 Å². The maximum atomic E-state index is 10.9. The topological polar surface area (TPSA) is 77.2 Å². The van der Waals surface area contributed by atoms with Gasteiger partial charge in [-0.15, -0.1) is 0 Å². The Morgan fingerprint density at radius 2 is 2.24 bits per heavy atom. The average Bonchev–Trinajstić information content (AvgIpc) is 2.38. The molecule has 1 aromatic carbocycles. The van der Waals surface area contributed by atoms with E-state index in [-0.39, 0.29) is 18.9 Å². The van der Waals surface area contributed by atoms with Gasteiger partial charge in [0.05, 0.1) is 24.7 Å². The number of hydrogen-bond donors (Lipinski definition) is 2. The molecule has 2 rings (SSSR count). The number of hydrogen-bond acceptors (Lipinski definition) is 4. The van der Waals surface area contributed by atoms with E-state index >= 15 is 0 Å². The van der Waals surface area contributed by atoms with Crippen molar-refractivity contribution in [1.82, 2.24) is 10.4 Å². The maximum Gasteiger partial charge on any atom is 0.237 e. The molecule has 17 heavy (non-hydrogen) atoms. The second-order valence-corrected chi connectivity index (χ2v) is 3.53. The number of nitrogens with one attached hydrogen (secondary N) is 1. The monoisotopic (exact) mass is 231 g/mol. The summed E-state index contributed by atoms with van der Waals surface area (Å²) >= 11 is 0. The normalized spacial score (nSPS) is 10.2. The maximum absolute atomic E-state index is 10.9. The molecule has 0 bridgehead atoms. The Hall–Kier alpha value is -2.14. The molecule has 2 aromatic rings. The number of ether oxygens (including phenoxy) is 1. The molecule has 5 nitrogen and oxygen atoms in total. The van der Waals surface area contributed by atoms with Crippen molar-refractivity contribution >= 4 is 16.8 Å². The molecule has 1 aromatic heterocycles. The van der Waals surface area contributed by atoms with Gasteiger partial charge in [0.25, 0.3) is 0 Å². The molecule has 3 N–H and O–H groups in total. The number of rotatable bonds is 4. The Morgan fingerprint density at radius 3 is 3.06 bits per heavy atom. The predicted molar refractivity (Wildman–Crippen MR) is 64.2 cm³/mol. The molecule has 0 spiro atoms. The van der Waals surface area contributed by atoms with Crippen molar-refractivity contribution in [2.45, 2.75) is 6.42 Å². The predicted octanol–water partition coefficient (Wildman–Crippen LogP) is 0.994. The van der Waals surface area contributed by atoms with Gasteiger partial charge in [-0.05, 0) is 12.1 Å². The number of pyridine rings is 1. The van der Waals surface area contributed by atoms with E-state index in [2.05, 4.69) is 4.98 Å². The molecule has 0 aliphatic heterocycles. The van der Waals surface area contributed by atoms with Crippen LogP contribution < -0.4 is 16.0 Å². The molecule has 1 amide bonds. The molecule has 5 heteroatoms. The van der Waals surface area contributed by atoms with Gasteiger partial charge in [-0.25, -0.2) is 5.84 Å². The number of nitrogens with zero attached hydrogens (tertiary/aromatic N) is 1. The van der Waals surface area contributed by atoms with E-state index in [4.69, 9.17) is 10.6 Å². The number of nitrogens with two attached hydrogens (primary N) is 1. The van der Waals surface area contributed by atoms with Crippen molar-refractivity contribution in [2.24, 2.45) is 5.84 Å². The Labute approximate surface area is 98.6 Å². The van der Waals surface area contributed by atoms with Gasteiger partial charge < -0.3 is 4.74 Å². The van der Waals surface area contributed by atoms with Gasteiger partial charge in [-0.2, -0.15) is 0 Å². The Morgan fingerprint density at radius 1 is 1.41 bits per heavy atom. The minimum absolute atomic E-state index is 0.226.